The maximum atomic E-state index is 10.8. The minimum absolute atomic E-state index is 0.0311. The highest BCUT2D eigenvalue weighted by Crippen LogP contribution is 2.25. The van der Waals surface area contributed by atoms with E-state index in [9.17, 15) is 25.1 Å². The number of carbonyl (C=O) groups excluding carboxylic acids is 1. The first kappa shape index (κ1) is 17.1. The fourth-order valence-corrected chi connectivity index (χ4v) is 2.33. The maximum absolute atomic E-state index is 10.8. The van der Waals surface area contributed by atoms with Crippen molar-refractivity contribution in [2.24, 2.45) is 0 Å². The number of nitro benzene ring substituents is 1. The maximum Gasteiger partial charge on any atom is 0.271 e. The lowest BCUT2D eigenvalue weighted by atomic mass is 10.00. The van der Waals surface area contributed by atoms with Crippen LogP contribution in [0.1, 0.15) is 30.6 Å². The molecule has 2 unspecified atom stereocenters. The molecule has 112 valence electrons. The number of hydrogen-bond donors (Lipinski definition) is 2. The van der Waals surface area contributed by atoms with Crippen molar-refractivity contribution < 1.29 is 19.9 Å². The van der Waals surface area contributed by atoms with E-state index in [1.54, 1.807) is 6.07 Å². The van der Waals surface area contributed by atoms with E-state index in [1.807, 2.05) is 0 Å². The summed E-state index contributed by atoms with van der Waals surface area (Å²) in [5.41, 5.74) is -0.196. The molecule has 2 N–H and O–H groups in total. The average molecular weight is 310 g/mol. The summed E-state index contributed by atoms with van der Waals surface area (Å²) in [7, 11) is 0. The van der Waals surface area contributed by atoms with Crippen LogP contribution in [0.15, 0.2) is 18.2 Å². The summed E-state index contributed by atoms with van der Waals surface area (Å²) < 4.78 is 0. The molecule has 0 fully saturated rings. The second kappa shape index (κ2) is 7.73. The van der Waals surface area contributed by atoms with Crippen LogP contribution in [0.3, 0.4) is 0 Å². The molecule has 21 heavy (non-hydrogen) atoms. The minimum atomic E-state index is -1.36. The third-order valence-corrected chi connectivity index (χ3v) is 3.55. The van der Waals surface area contributed by atoms with Gasteiger partial charge in [0.25, 0.3) is 5.69 Å². The van der Waals surface area contributed by atoms with Gasteiger partial charge < -0.3 is 10.2 Å². The first-order valence-electron chi connectivity index (χ1n) is 6.04. The molecule has 7 nitrogen and oxygen atoms in total. The van der Waals surface area contributed by atoms with Crippen LogP contribution in [0.4, 0.5) is 5.69 Å². The molecule has 0 saturated heterocycles. The van der Waals surface area contributed by atoms with Gasteiger partial charge >= 0.3 is 0 Å². The Morgan fingerprint density at radius 2 is 2.14 bits per heavy atom. The molecule has 0 aliphatic carbocycles. The lowest BCUT2D eigenvalue weighted by Crippen LogP contribution is -2.19. The Bertz CT molecular complexity index is 584. The molecule has 0 spiro atoms. The summed E-state index contributed by atoms with van der Waals surface area (Å²) in [6.07, 6.45) is -2.38. The Labute approximate surface area is 125 Å². The second-order valence-electron chi connectivity index (χ2n) is 4.32. The van der Waals surface area contributed by atoms with Gasteiger partial charge in [-0.1, -0.05) is 11.8 Å². The van der Waals surface area contributed by atoms with E-state index in [1.165, 1.54) is 13.0 Å². The molecule has 0 aliphatic rings. The largest absolute Gasteiger partial charge is 0.390 e. The van der Waals surface area contributed by atoms with Crippen LogP contribution in [0.25, 0.3) is 0 Å². The van der Waals surface area contributed by atoms with Crippen molar-refractivity contribution in [1.29, 1.82) is 5.26 Å². The first-order chi connectivity index (χ1) is 9.85. The number of rotatable bonds is 6. The molecule has 1 aromatic rings. The van der Waals surface area contributed by atoms with Crippen molar-refractivity contribution >= 4 is 22.6 Å². The van der Waals surface area contributed by atoms with Gasteiger partial charge in [0.2, 0.25) is 0 Å². The Hall–Kier alpha value is -1.95. The van der Waals surface area contributed by atoms with Gasteiger partial charge in [-0.25, -0.2) is 0 Å². The quantitative estimate of drug-likeness (QED) is 0.603. The van der Waals surface area contributed by atoms with Crippen LogP contribution in [-0.4, -0.2) is 32.1 Å². The zero-order valence-corrected chi connectivity index (χ0v) is 12.0. The highest BCUT2D eigenvalue weighted by molar-refractivity contribution is 8.13. The molecule has 1 aromatic carbocycles. The number of aliphatic hydroxyl groups is 2. The van der Waals surface area contributed by atoms with Gasteiger partial charge in [-0.05, 0) is 18.1 Å². The predicted molar refractivity (Wildman–Crippen MR) is 76.5 cm³/mol. The van der Waals surface area contributed by atoms with Crippen LogP contribution in [0.5, 0.6) is 0 Å². The number of aliphatic hydroxyl groups excluding tert-OH is 2. The van der Waals surface area contributed by atoms with E-state index in [4.69, 9.17) is 5.26 Å². The van der Waals surface area contributed by atoms with Crippen molar-refractivity contribution in [1.82, 2.24) is 0 Å². The highest BCUT2D eigenvalue weighted by Gasteiger charge is 2.21. The first-order valence-corrected chi connectivity index (χ1v) is 7.02. The topological polar surface area (TPSA) is 124 Å². The molecule has 0 saturated carbocycles. The summed E-state index contributed by atoms with van der Waals surface area (Å²) >= 11 is 1.02. The van der Waals surface area contributed by atoms with Gasteiger partial charge in [0, 0.05) is 24.8 Å². The van der Waals surface area contributed by atoms with E-state index in [0.29, 0.717) is 5.75 Å². The third-order valence-electron chi connectivity index (χ3n) is 2.70. The SMILES string of the molecule is CC(=O)SCCC(O)C(O)c1cc(C#N)cc([N+](=O)[O-])c1. The Balaban J connectivity index is 2.88. The third kappa shape index (κ3) is 5.15. The molecule has 0 aromatic heterocycles. The summed E-state index contributed by atoms with van der Waals surface area (Å²) in [6, 6.07) is 5.27. The number of non-ortho nitro benzene ring substituents is 1. The Morgan fingerprint density at radius 3 is 2.67 bits per heavy atom. The monoisotopic (exact) mass is 310 g/mol. The lowest BCUT2D eigenvalue weighted by molar-refractivity contribution is -0.385. The average Bonchev–Trinajstić information content (AvgIpc) is 2.45. The number of carbonyl (C=O) groups is 1. The van der Waals surface area contributed by atoms with Gasteiger partial charge in [0.15, 0.2) is 5.12 Å². The number of hydrogen-bond acceptors (Lipinski definition) is 7. The van der Waals surface area contributed by atoms with Crippen LogP contribution < -0.4 is 0 Å². The molecule has 0 amide bonds. The summed E-state index contributed by atoms with van der Waals surface area (Å²) in [6.45, 7) is 1.40. The molecular formula is C13H14N2O5S. The van der Waals surface area contributed by atoms with Crippen molar-refractivity contribution in [3.8, 4) is 6.07 Å². The zero-order valence-electron chi connectivity index (χ0n) is 11.2. The van der Waals surface area contributed by atoms with Gasteiger partial charge in [-0.3, -0.25) is 14.9 Å². The molecule has 0 radical (unpaired) electrons. The molecular weight excluding hydrogens is 296 g/mol. The van der Waals surface area contributed by atoms with Crippen molar-refractivity contribution in [3.63, 3.8) is 0 Å². The molecule has 2 atom stereocenters. The number of thioether (sulfide) groups is 1. The number of nitro groups is 1. The molecule has 0 heterocycles. The summed E-state index contributed by atoms with van der Waals surface area (Å²) in [5.74, 6) is 0.327. The number of nitriles is 1. The summed E-state index contributed by atoms with van der Waals surface area (Å²) in [4.78, 5) is 20.9. The zero-order chi connectivity index (χ0) is 16.0. The van der Waals surface area contributed by atoms with Crippen molar-refractivity contribution in [2.45, 2.75) is 25.6 Å². The van der Waals surface area contributed by atoms with E-state index in [2.05, 4.69) is 0 Å². The van der Waals surface area contributed by atoms with Crippen molar-refractivity contribution in [2.75, 3.05) is 5.75 Å². The molecule has 1 rings (SSSR count). The van der Waals surface area contributed by atoms with Crippen LogP contribution in [0.2, 0.25) is 0 Å². The van der Waals surface area contributed by atoms with Crippen molar-refractivity contribution in [3.05, 3.63) is 39.4 Å². The highest BCUT2D eigenvalue weighted by atomic mass is 32.2. The smallest absolute Gasteiger partial charge is 0.271 e. The van der Waals surface area contributed by atoms with E-state index >= 15 is 0 Å². The Morgan fingerprint density at radius 1 is 1.48 bits per heavy atom. The van der Waals surface area contributed by atoms with Crippen LogP contribution in [0, 0.1) is 21.4 Å². The number of benzene rings is 1. The normalized spacial score (nSPS) is 13.2. The fraction of sp³-hybridized carbons (Fsp3) is 0.385. The molecule has 0 bridgehead atoms. The fourth-order valence-electron chi connectivity index (χ4n) is 1.68. The predicted octanol–water partition coefficient (Wildman–Crippen LogP) is 1.53. The van der Waals surface area contributed by atoms with Gasteiger partial charge in [-0.15, -0.1) is 0 Å². The van der Waals surface area contributed by atoms with E-state index in [-0.39, 0.29) is 28.4 Å². The molecule has 8 heteroatoms. The van der Waals surface area contributed by atoms with Crippen LogP contribution >= 0.6 is 11.8 Å². The van der Waals surface area contributed by atoms with E-state index in [0.717, 1.165) is 23.9 Å². The van der Waals surface area contributed by atoms with E-state index < -0.39 is 17.1 Å². The Kier molecular flexibility index (Phi) is 6.30. The van der Waals surface area contributed by atoms with Gasteiger partial charge in [0.05, 0.1) is 22.7 Å². The van der Waals surface area contributed by atoms with Gasteiger partial charge in [0.1, 0.15) is 6.10 Å². The second-order valence-corrected chi connectivity index (χ2v) is 5.59. The molecule has 0 aliphatic heterocycles. The van der Waals surface area contributed by atoms with Crippen LogP contribution in [-0.2, 0) is 4.79 Å². The lowest BCUT2D eigenvalue weighted by Gasteiger charge is -2.17. The standard InChI is InChI=1S/C13H14N2O5S/c1-8(16)21-3-2-12(17)13(18)10-4-9(7-14)5-11(6-10)15(19)20/h4-6,12-13,17-18H,2-3H2,1H3. The van der Waals surface area contributed by atoms with Gasteiger partial charge in [-0.2, -0.15) is 5.26 Å². The summed E-state index contributed by atoms with van der Waals surface area (Å²) in [5, 5.41) is 39.4. The minimum Gasteiger partial charge on any atom is -0.390 e. The number of nitrogens with zero attached hydrogens (tertiary/aromatic N) is 2.